The third kappa shape index (κ3) is 3.11. The van der Waals surface area contributed by atoms with Crippen molar-refractivity contribution in [2.75, 3.05) is 0 Å². The van der Waals surface area contributed by atoms with Gasteiger partial charge in [0.25, 0.3) is 0 Å². The first-order chi connectivity index (χ1) is 10.5. The summed E-state index contributed by atoms with van der Waals surface area (Å²) in [7, 11) is 0. The number of ether oxygens (including phenoxy) is 1. The molecular weight excluding hydrogens is 292 g/mol. The molecule has 4 aliphatic rings. The number of hydrogen-bond donors (Lipinski definition) is 2. The number of esters is 1. The van der Waals surface area contributed by atoms with Crippen LogP contribution >= 0.6 is 0 Å². The number of allylic oxidation sites excluding steroid dienone is 2. The van der Waals surface area contributed by atoms with E-state index >= 15 is 0 Å². The molecule has 0 aliphatic heterocycles. The molecule has 0 spiro atoms. The minimum Gasteiger partial charge on any atom is -0.455 e. The van der Waals surface area contributed by atoms with Crippen LogP contribution in [0.4, 0.5) is 0 Å². The molecule has 2 unspecified atom stereocenters. The van der Waals surface area contributed by atoms with Crippen molar-refractivity contribution in [1.82, 2.24) is 0 Å². The number of aliphatic hydroxyl groups is 2. The van der Waals surface area contributed by atoms with E-state index in [0.29, 0.717) is 24.8 Å². The van der Waals surface area contributed by atoms with Gasteiger partial charge in [0, 0.05) is 19.3 Å². The van der Waals surface area contributed by atoms with Crippen LogP contribution in [0.1, 0.15) is 66.2 Å². The SMILES string of the molecule is CC(C)=CC(C(=O)OC12CC3CC(O)(CC(O)(C3)C1)C2)=C(C)C. The third-order valence-corrected chi connectivity index (χ3v) is 5.46. The van der Waals surface area contributed by atoms with Crippen LogP contribution in [0.2, 0.25) is 0 Å². The van der Waals surface area contributed by atoms with Gasteiger partial charge < -0.3 is 14.9 Å². The van der Waals surface area contributed by atoms with Gasteiger partial charge >= 0.3 is 5.97 Å². The first kappa shape index (κ1) is 16.7. The van der Waals surface area contributed by atoms with E-state index in [9.17, 15) is 15.0 Å². The van der Waals surface area contributed by atoms with E-state index in [2.05, 4.69) is 0 Å². The minimum atomic E-state index is -0.879. The predicted octanol–water partition coefficient (Wildman–Crippen LogP) is 3.03. The quantitative estimate of drug-likeness (QED) is 0.476. The number of carbonyl (C=O) groups excluding carboxylic acids is 1. The van der Waals surface area contributed by atoms with E-state index in [0.717, 1.165) is 30.4 Å². The van der Waals surface area contributed by atoms with Gasteiger partial charge in [0.15, 0.2) is 0 Å². The summed E-state index contributed by atoms with van der Waals surface area (Å²) in [6, 6.07) is 0. The highest BCUT2D eigenvalue weighted by Crippen LogP contribution is 2.60. The van der Waals surface area contributed by atoms with Crippen molar-refractivity contribution in [1.29, 1.82) is 0 Å². The molecule has 4 heteroatoms. The number of rotatable bonds is 3. The lowest BCUT2D eigenvalue weighted by molar-refractivity contribution is -0.259. The van der Waals surface area contributed by atoms with Crippen molar-refractivity contribution < 1.29 is 19.7 Å². The fourth-order valence-electron chi connectivity index (χ4n) is 5.31. The molecule has 0 saturated heterocycles. The average molecular weight is 320 g/mol. The van der Waals surface area contributed by atoms with Crippen LogP contribution in [0.25, 0.3) is 0 Å². The molecule has 0 heterocycles. The van der Waals surface area contributed by atoms with Crippen molar-refractivity contribution in [3.63, 3.8) is 0 Å². The van der Waals surface area contributed by atoms with Gasteiger partial charge in [-0.2, -0.15) is 0 Å². The second-order valence-corrected chi connectivity index (χ2v) is 8.67. The molecule has 4 rings (SSSR count). The lowest BCUT2D eigenvalue weighted by atomic mass is 9.50. The van der Waals surface area contributed by atoms with Crippen LogP contribution in [0.5, 0.6) is 0 Å². The van der Waals surface area contributed by atoms with E-state index in [1.165, 1.54) is 0 Å². The summed E-state index contributed by atoms with van der Waals surface area (Å²) in [5, 5.41) is 21.5. The van der Waals surface area contributed by atoms with Gasteiger partial charge in [-0.25, -0.2) is 4.79 Å². The Morgan fingerprint density at radius 1 is 1.00 bits per heavy atom. The van der Waals surface area contributed by atoms with E-state index in [4.69, 9.17) is 4.74 Å². The Labute approximate surface area is 138 Å². The Balaban J connectivity index is 1.86. The van der Waals surface area contributed by atoms with Crippen molar-refractivity contribution in [3.05, 3.63) is 22.8 Å². The number of hydrogen-bond acceptors (Lipinski definition) is 4. The summed E-state index contributed by atoms with van der Waals surface area (Å²) in [5.74, 6) is -0.0898. The van der Waals surface area contributed by atoms with Gasteiger partial charge in [-0.1, -0.05) is 11.1 Å². The van der Waals surface area contributed by atoms with Gasteiger partial charge in [-0.15, -0.1) is 0 Å². The molecule has 2 atom stereocenters. The van der Waals surface area contributed by atoms with E-state index in [-0.39, 0.29) is 11.9 Å². The monoisotopic (exact) mass is 320 g/mol. The second-order valence-electron chi connectivity index (χ2n) is 8.67. The van der Waals surface area contributed by atoms with Gasteiger partial charge in [0.05, 0.1) is 16.8 Å². The molecule has 0 aromatic heterocycles. The van der Waals surface area contributed by atoms with Gasteiger partial charge in [0.2, 0.25) is 0 Å². The first-order valence-corrected chi connectivity index (χ1v) is 8.54. The Kier molecular flexibility index (Phi) is 3.77. The van der Waals surface area contributed by atoms with Crippen molar-refractivity contribution >= 4 is 5.97 Å². The van der Waals surface area contributed by atoms with E-state index in [1.807, 2.05) is 33.8 Å². The summed E-state index contributed by atoms with van der Waals surface area (Å²) in [4.78, 5) is 12.7. The van der Waals surface area contributed by atoms with Crippen LogP contribution < -0.4 is 0 Å². The fraction of sp³-hybridized carbons (Fsp3) is 0.737. The van der Waals surface area contributed by atoms with Crippen LogP contribution in [0.15, 0.2) is 22.8 Å². The predicted molar refractivity (Wildman–Crippen MR) is 87.7 cm³/mol. The second kappa shape index (κ2) is 5.18. The summed E-state index contributed by atoms with van der Waals surface area (Å²) < 4.78 is 5.94. The third-order valence-electron chi connectivity index (χ3n) is 5.46. The highest BCUT2D eigenvalue weighted by Gasteiger charge is 2.64. The average Bonchev–Trinajstić information content (AvgIpc) is 2.29. The fourth-order valence-corrected chi connectivity index (χ4v) is 5.31. The maximum atomic E-state index is 12.7. The van der Waals surface area contributed by atoms with Gasteiger partial charge in [-0.05, 0) is 59.0 Å². The smallest absolute Gasteiger partial charge is 0.338 e. The van der Waals surface area contributed by atoms with Crippen LogP contribution in [-0.4, -0.2) is 33.0 Å². The standard InChI is InChI=1S/C19H28O4/c1-12(2)5-15(13(3)4)16(20)23-19-8-14-6-17(21,10-19)9-18(22,7-14)11-19/h5,14,21-22H,6-11H2,1-4H3. The summed E-state index contributed by atoms with van der Waals surface area (Å²) >= 11 is 0. The Hall–Kier alpha value is -1.13. The lowest BCUT2D eigenvalue weighted by Crippen LogP contribution is -2.67. The summed E-state index contributed by atoms with van der Waals surface area (Å²) in [6.45, 7) is 7.70. The normalized spacial score (nSPS) is 40.7. The number of carbonyl (C=O) groups is 1. The Bertz CT molecular complexity index is 574. The maximum Gasteiger partial charge on any atom is 0.338 e. The van der Waals surface area contributed by atoms with Gasteiger partial charge in [0.1, 0.15) is 5.60 Å². The molecule has 23 heavy (non-hydrogen) atoms. The van der Waals surface area contributed by atoms with Crippen LogP contribution in [0, 0.1) is 5.92 Å². The summed E-state index contributed by atoms with van der Waals surface area (Å²) in [5.41, 5.74) is 0.0709. The van der Waals surface area contributed by atoms with Crippen molar-refractivity contribution in [3.8, 4) is 0 Å². The van der Waals surface area contributed by atoms with Crippen LogP contribution in [-0.2, 0) is 9.53 Å². The molecule has 4 aliphatic carbocycles. The molecule has 4 fully saturated rings. The molecule has 4 saturated carbocycles. The molecule has 4 nitrogen and oxygen atoms in total. The molecular formula is C19H28O4. The topological polar surface area (TPSA) is 66.8 Å². The lowest BCUT2D eigenvalue weighted by Gasteiger charge is -2.62. The maximum absolute atomic E-state index is 12.7. The molecule has 0 aromatic rings. The molecule has 0 amide bonds. The van der Waals surface area contributed by atoms with Crippen molar-refractivity contribution in [2.24, 2.45) is 5.92 Å². The molecule has 128 valence electrons. The minimum absolute atomic E-state index is 0.243. The molecule has 2 N–H and O–H groups in total. The zero-order chi connectivity index (χ0) is 17.0. The van der Waals surface area contributed by atoms with Crippen LogP contribution in [0.3, 0.4) is 0 Å². The zero-order valence-electron chi connectivity index (χ0n) is 14.6. The first-order valence-electron chi connectivity index (χ1n) is 8.54. The Morgan fingerprint density at radius 2 is 1.57 bits per heavy atom. The zero-order valence-corrected chi connectivity index (χ0v) is 14.6. The molecule has 0 aromatic carbocycles. The molecule has 4 bridgehead atoms. The van der Waals surface area contributed by atoms with E-state index < -0.39 is 16.8 Å². The van der Waals surface area contributed by atoms with Gasteiger partial charge in [-0.3, -0.25) is 0 Å². The highest BCUT2D eigenvalue weighted by atomic mass is 16.6. The largest absolute Gasteiger partial charge is 0.455 e. The Morgan fingerprint density at radius 3 is 2.00 bits per heavy atom. The van der Waals surface area contributed by atoms with E-state index in [1.54, 1.807) is 0 Å². The van der Waals surface area contributed by atoms with Crippen molar-refractivity contribution in [2.45, 2.75) is 83.0 Å². The highest BCUT2D eigenvalue weighted by molar-refractivity contribution is 5.92. The summed E-state index contributed by atoms with van der Waals surface area (Å²) in [6.07, 6.45) is 5.37. The molecule has 0 radical (unpaired) electrons.